The summed E-state index contributed by atoms with van der Waals surface area (Å²) in [5.41, 5.74) is 0.562. The Morgan fingerprint density at radius 1 is 1.07 bits per heavy atom. The molecule has 142 valence electrons. The van der Waals surface area contributed by atoms with Gasteiger partial charge in [-0.3, -0.25) is 0 Å². The van der Waals surface area contributed by atoms with Gasteiger partial charge in [-0.2, -0.15) is 13.4 Å². The van der Waals surface area contributed by atoms with Gasteiger partial charge in [0.25, 0.3) is 10.0 Å². The van der Waals surface area contributed by atoms with Crippen molar-refractivity contribution in [2.24, 2.45) is 0 Å². The van der Waals surface area contributed by atoms with E-state index in [0.29, 0.717) is 22.9 Å². The number of rotatable bonds is 7. The fourth-order valence-corrected chi connectivity index (χ4v) is 3.68. The third kappa shape index (κ3) is 4.06. The Morgan fingerprint density at radius 2 is 1.74 bits per heavy atom. The molecule has 9 heteroatoms. The molecule has 0 aliphatic heterocycles. The van der Waals surface area contributed by atoms with E-state index in [-0.39, 0.29) is 16.7 Å². The van der Waals surface area contributed by atoms with E-state index < -0.39 is 10.0 Å². The van der Waals surface area contributed by atoms with Crippen LogP contribution < -0.4 is 9.47 Å². The maximum atomic E-state index is 13.1. The van der Waals surface area contributed by atoms with Crippen LogP contribution in [0.3, 0.4) is 0 Å². The normalized spacial score (nSPS) is 11.4. The summed E-state index contributed by atoms with van der Waals surface area (Å²) in [4.78, 5) is 4.32. The highest BCUT2D eigenvalue weighted by Gasteiger charge is 2.25. The standard InChI is InChI=1S/C18H18ClN3O4S/c1-3-12-26-18-20-17(13-4-8-15(25-2)9-5-13)22(21-18)27(23,24)16-10-6-14(19)7-11-16/h4-11H,3,12H2,1-2H3. The van der Waals surface area contributed by atoms with Crippen LogP contribution in [-0.2, 0) is 10.0 Å². The predicted molar refractivity (Wildman–Crippen MR) is 102 cm³/mol. The van der Waals surface area contributed by atoms with Gasteiger partial charge >= 0.3 is 6.01 Å². The first-order valence-corrected chi connectivity index (χ1v) is 10.0. The molecule has 0 radical (unpaired) electrons. The van der Waals surface area contributed by atoms with Crippen LogP contribution in [0, 0.1) is 0 Å². The summed E-state index contributed by atoms with van der Waals surface area (Å²) in [6, 6.07) is 12.7. The molecular weight excluding hydrogens is 390 g/mol. The second kappa shape index (κ2) is 7.98. The zero-order chi connectivity index (χ0) is 19.4. The van der Waals surface area contributed by atoms with Crippen LogP contribution in [0.5, 0.6) is 11.8 Å². The van der Waals surface area contributed by atoms with Gasteiger partial charge in [-0.05, 0) is 55.0 Å². The van der Waals surface area contributed by atoms with E-state index in [0.717, 1.165) is 10.5 Å². The van der Waals surface area contributed by atoms with E-state index >= 15 is 0 Å². The van der Waals surface area contributed by atoms with E-state index in [9.17, 15) is 8.42 Å². The molecule has 0 unspecified atom stereocenters. The highest BCUT2D eigenvalue weighted by Crippen LogP contribution is 2.27. The number of ether oxygens (including phenoxy) is 2. The van der Waals surface area contributed by atoms with Gasteiger partial charge in [0.15, 0.2) is 5.82 Å². The van der Waals surface area contributed by atoms with Crippen molar-refractivity contribution in [3.05, 3.63) is 53.6 Å². The first kappa shape index (κ1) is 19.2. The molecule has 1 aromatic heterocycles. The maximum absolute atomic E-state index is 13.1. The molecule has 0 aliphatic carbocycles. The van der Waals surface area contributed by atoms with Crippen molar-refractivity contribution in [2.75, 3.05) is 13.7 Å². The zero-order valence-corrected chi connectivity index (χ0v) is 16.4. The molecule has 0 fully saturated rings. The molecule has 0 bridgehead atoms. The Labute approximate surface area is 162 Å². The minimum absolute atomic E-state index is 0.000191. The number of benzene rings is 2. The Kier molecular flexibility index (Phi) is 5.67. The Bertz CT molecular complexity index is 1020. The number of hydrogen-bond donors (Lipinski definition) is 0. The van der Waals surface area contributed by atoms with Crippen LogP contribution in [0.2, 0.25) is 5.02 Å². The summed E-state index contributed by atoms with van der Waals surface area (Å²) in [6.45, 7) is 2.32. The minimum atomic E-state index is -3.98. The lowest BCUT2D eigenvalue weighted by Gasteiger charge is -2.08. The Hall–Kier alpha value is -2.58. The van der Waals surface area contributed by atoms with Gasteiger partial charge in [0.05, 0.1) is 18.6 Å². The fourth-order valence-electron chi connectivity index (χ4n) is 2.32. The van der Waals surface area contributed by atoms with Gasteiger partial charge in [0.1, 0.15) is 5.75 Å². The molecule has 0 aliphatic rings. The lowest BCUT2D eigenvalue weighted by Crippen LogP contribution is -2.16. The zero-order valence-electron chi connectivity index (χ0n) is 14.8. The van der Waals surface area contributed by atoms with E-state index in [1.165, 1.54) is 24.3 Å². The van der Waals surface area contributed by atoms with Crippen LogP contribution in [0.1, 0.15) is 13.3 Å². The Morgan fingerprint density at radius 3 is 2.33 bits per heavy atom. The fraction of sp³-hybridized carbons (Fsp3) is 0.222. The molecule has 1 heterocycles. The molecule has 7 nitrogen and oxygen atoms in total. The molecule has 0 saturated heterocycles. The molecule has 0 saturated carbocycles. The van der Waals surface area contributed by atoms with Crippen molar-refractivity contribution in [3.8, 4) is 23.1 Å². The van der Waals surface area contributed by atoms with E-state index in [2.05, 4.69) is 10.1 Å². The summed E-state index contributed by atoms with van der Waals surface area (Å²) >= 11 is 5.86. The summed E-state index contributed by atoms with van der Waals surface area (Å²) < 4.78 is 37.6. The molecule has 3 rings (SSSR count). The summed E-state index contributed by atoms with van der Waals surface area (Å²) in [5, 5.41) is 4.51. The lowest BCUT2D eigenvalue weighted by molar-refractivity contribution is 0.293. The van der Waals surface area contributed by atoms with Crippen molar-refractivity contribution >= 4 is 21.6 Å². The quantitative estimate of drug-likeness (QED) is 0.594. The van der Waals surface area contributed by atoms with E-state index in [1.54, 1.807) is 31.4 Å². The average Bonchev–Trinajstić information content (AvgIpc) is 3.12. The predicted octanol–water partition coefficient (Wildman–Crippen LogP) is 3.63. The molecule has 0 atom stereocenters. The van der Waals surface area contributed by atoms with Gasteiger partial charge in [-0.1, -0.05) is 23.6 Å². The summed E-state index contributed by atoms with van der Waals surface area (Å²) in [6.07, 6.45) is 0.746. The second-order valence-corrected chi connectivity index (χ2v) is 7.80. The minimum Gasteiger partial charge on any atom is -0.497 e. The van der Waals surface area contributed by atoms with Gasteiger partial charge < -0.3 is 9.47 Å². The number of hydrogen-bond acceptors (Lipinski definition) is 6. The highest BCUT2D eigenvalue weighted by atomic mass is 35.5. The molecule has 3 aromatic rings. The van der Waals surface area contributed by atoms with Crippen molar-refractivity contribution < 1.29 is 17.9 Å². The van der Waals surface area contributed by atoms with Gasteiger partial charge in [-0.15, -0.1) is 4.09 Å². The van der Waals surface area contributed by atoms with Gasteiger partial charge in [-0.25, -0.2) is 0 Å². The third-order valence-corrected chi connectivity index (χ3v) is 5.51. The Balaban J connectivity index is 2.11. The smallest absolute Gasteiger partial charge is 0.337 e. The van der Waals surface area contributed by atoms with Gasteiger partial charge in [0.2, 0.25) is 0 Å². The molecule has 0 spiro atoms. The molecular formula is C18H18ClN3O4S. The SMILES string of the molecule is CCCOc1nc(-c2ccc(OC)cc2)n(S(=O)(=O)c2ccc(Cl)cc2)n1. The van der Waals surface area contributed by atoms with Crippen molar-refractivity contribution in [2.45, 2.75) is 18.2 Å². The third-order valence-electron chi connectivity index (χ3n) is 3.68. The summed E-state index contributed by atoms with van der Waals surface area (Å²) in [7, 11) is -2.43. The lowest BCUT2D eigenvalue weighted by atomic mass is 10.2. The van der Waals surface area contributed by atoms with Crippen LogP contribution in [0.15, 0.2) is 53.4 Å². The van der Waals surface area contributed by atoms with Crippen LogP contribution >= 0.6 is 11.6 Å². The van der Waals surface area contributed by atoms with Gasteiger partial charge in [0, 0.05) is 10.6 Å². The first-order valence-electron chi connectivity index (χ1n) is 8.21. The number of aromatic nitrogens is 3. The first-order chi connectivity index (χ1) is 13.0. The number of halogens is 1. The van der Waals surface area contributed by atoms with Crippen molar-refractivity contribution in [3.63, 3.8) is 0 Å². The molecule has 0 N–H and O–H groups in total. The average molecular weight is 408 g/mol. The van der Waals surface area contributed by atoms with Crippen molar-refractivity contribution in [1.82, 2.24) is 14.2 Å². The van der Waals surface area contributed by atoms with E-state index in [4.69, 9.17) is 21.1 Å². The number of nitrogens with zero attached hydrogens (tertiary/aromatic N) is 3. The van der Waals surface area contributed by atoms with Crippen molar-refractivity contribution in [1.29, 1.82) is 0 Å². The highest BCUT2D eigenvalue weighted by molar-refractivity contribution is 7.90. The second-order valence-electron chi connectivity index (χ2n) is 5.60. The topological polar surface area (TPSA) is 83.3 Å². The monoisotopic (exact) mass is 407 g/mol. The molecule has 0 amide bonds. The maximum Gasteiger partial charge on any atom is 0.337 e. The largest absolute Gasteiger partial charge is 0.497 e. The molecule has 2 aromatic carbocycles. The number of methoxy groups -OCH3 is 1. The summed E-state index contributed by atoms with van der Waals surface area (Å²) in [5.74, 6) is 0.798. The van der Waals surface area contributed by atoms with Crippen LogP contribution in [0.25, 0.3) is 11.4 Å². The van der Waals surface area contributed by atoms with Crippen LogP contribution in [-0.4, -0.2) is 36.3 Å². The van der Waals surface area contributed by atoms with Crippen LogP contribution in [0.4, 0.5) is 0 Å². The molecule has 27 heavy (non-hydrogen) atoms. The van der Waals surface area contributed by atoms with E-state index in [1.807, 2.05) is 6.92 Å².